The summed E-state index contributed by atoms with van der Waals surface area (Å²) in [5.74, 6) is 0.158. The quantitative estimate of drug-likeness (QED) is 0.803. The van der Waals surface area contributed by atoms with E-state index in [1.165, 1.54) is 4.31 Å². The molecular formula is C11H15BrN2O4S2. The van der Waals surface area contributed by atoms with Gasteiger partial charge in [0, 0.05) is 12.2 Å². The van der Waals surface area contributed by atoms with Gasteiger partial charge in [0.15, 0.2) is 0 Å². The van der Waals surface area contributed by atoms with Crippen LogP contribution >= 0.6 is 15.9 Å². The van der Waals surface area contributed by atoms with Crippen LogP contribution in [0.3, 0.4) is 0 Å². The van der Waals surface area contributed by atoms with Crippen LogP contribution < -0.4 is 9.03 Å². The fraction of sp³-hybridized carbons (Fsp3) is 0.455. The van der Waals surface area contributed by atoms with Crippen molar-refractivity contribution in [3.8, 4) is 0 Å². The van der Waals surface area contributed by atoms with Gasteiger partial charge in [0.1, 0.15) is 4.66 Å². The van der Waals surface area contributed by atoms with E-state index in [1.54, 1.807) is 24.3 Å². The van der Waals surface area contributed by atoms with Gasteiger partial charge in [-0.3, -0.25) is 9.03 Å². The molecule has 0 atom stereocenters. The molecule has 0 saturated carbocycles. The molecule has 1 aliphatic rings. The number of rotatable bonds is 4. The summed E-state index contributed by atoms with van der Waals surface area (Å²) in [4.78, 5) is 0. The van der Waals surface area contributed by atoms with Crippen LogP contribution in [-0.4, -0.2) is 33.8 Å². The molecule has 0 radical (unpaired) electrons. The molecule has 1 fully saturated rings. The lowest BCUT2D eigenvalue weighted by Crippen LogP contribution is -2.37. The first kappa shape index (κ1) is 15.6. The minimum Gasteiger partial charge on any atom is -0.283 e. The highest BCUT2D eigenvalue weighted by atomic mass is 79.9. The standard InChI is InChI=1S/C11H15BrN2O4S2/c12-9-19(15,16)13-10-3-5-11(6-4-10)14-7-1-2-8-20(14,17)18/h3-6,13H,1-2,7-9H2. The summed E-state index contributed by atoms with van der Waals surface area (Å²) in [7, 11) is -6.64. The van der Waals surface area contributed by atoms with Gasteiger partial charge in [0.05, 0.1) is 11.4 Å². The fourth-order valence-electron chi connectivity index (χ4n) is 1.98. The molecule has 1 aromatic rings. The van der Waals surface area contributed by atoms with Crippen LogP contribution in [0, 0.1) is 0 Å². The number of sulfonamides is 2. The maximum atomic E-state index is 12.0. The zero-order valence-corrected chi connectivity index (χ0v) is 13.8. The Labute approximate surface area is 127 Å². The number of halogens is 1. The molecule has 1 aliphatic heterocycles. The normalized spacial score (nSPS) is 18.8. The molecule has 0 spiro atoms. The van der Waals surface area contributed by atoms with Crippen molar-refractivity contribution in [3.63, 3.8) is 0 Å². The lowest BCUT2D eigenvalue weighted by atomic mass is 10.2. The number of nitrogens with zero attached hydrogens (tertiary/aromatic N) is 1. The summed E-state index contributed by atoms with van der Waals surface area (Å²) in [6.07, 6.45) is 1.51. The van der Waals surface area contributed by atoms with E-state index in [2.05, 4.69) is 20.7 Å². The molecule has 0 aliphatic carbocycles. The Morgan fingerprint density at radius 3 is 2.40 bits per heavy atom. The highest BCUT2D eigenvalue weighted by molar-refractivity contribution is 9.10. The summed E-state index contributed by atoms with van der Waals surface area (Å²) < 4.78 is 50.2. The van der Waals surface area contributed by atoms with Gasteiger partial charge in [0.25, 0.3) is 0 Å². The van der Waals surface area contributed by atoms with E-state index in [9.17, 15) is 16.8 Å². The third kappa shape index (κ3) is 3.64. The van der Waals surface area contributed by atoms with Gasteiger partial charge in [0.2, 0.25) is 20.0 Å². The zero-order chi connectivity index (χ0) is 14.8. The SMILES string of the molecule is O=S(=O)(CBr)Nc1ccc(N2CCCCS2(=O)=O)cc1. The highest BCUT2D eigenvalue weighted by Gasteiger charge is 2.25. The van der Waals surface area contributed by atoms with Crippen LogP contribution in [-0.2, 0) is 20.0 Å². The molecule has 20 heavy (non-hydrogen) atoms. The third-order valence-electron chi connectivity index (χ3n) is 2.92. The van der Waals surface area contributed by atoms with Crippen LogP contribution in [0.2, 0.25) is 0 Å². The molecule has 0 unspecified atom stereocenters. The van der Waals surface area contributed by atoms with Crippen molar-refractivity contribution in [3.05, 3.63) is 24.3 Å². The van der Waals surface area contributed by atoms with E-state index in [0.717, 1.165) is 6.42 Å². The third-order valence-corrected chi connectivity index (χ3v) is 7.43. The molecule has 112 valence electrons. The van der Waals surface area contributed by atoms with E-state index in [0.29, 0.717) is 24.3 Å². The van der Waals surface area contributed by atoms with Crippen molar-refractivity contribution in [1.29, 1.82) is 0 Å². The predicted octanol–water partition coefficient (Wildman–Crippen LogP) is 1.71. The van der Waals surface area contributed by atoms with Crippen molar-refractivity contribution >= 4 is 47.4 Å². The number of hydrogen-bond donors (Lipinski definition) is 1. The number of nitrogens with one attached hydrogen (secondary N) is 1. The average molecular weight is 383 g/mol. The van der Waals surface area contributed by atoms with Gasteiger partial charge in [-0.15, -0.1) is 0 Å². The van der Waals surface area contributed by atoms with Crippen LogP contribution in [0.1, 0.15) is 12.8 Å². The summed E-state index contributed by atoms with van der Waals surface area (Å²) >= 11 is 2.88. The first-order valence-corrected chi connectivity index (χ1v) is 10.4. The van der Waals surface area contributed by atoms with E-state index in [-0.39, 0.29) is 10.4 Å². The second-order valence-corrected chi connectivity index (χ2v) is 9.51. The Hall–Kier alpha value is -0.800. The summed E-state index contributed by atoms with van der Waals surface area (Å²) in [6, 6.07) is 6.32. The number of hydrogen-bond acceptors (Lipinski definition) is 4. The van der Waals surface area contributed by atoms with Gasteiger partial charge >= 0.3 is 0 Å². The molecule has 9 heteroatoms. The molecule has 0 amide bonds. The van der Waals surface area contributed by atoms with Crippen molar-refractivity contribution in [1.82, 2.24) is 0 Å². The second-order valence-electron chi connectivity index (χ2n) is 4.47. The highest BCUT2D eigenvalue weighted by Crippen LogP contribution is 2.25. The largest absolute Gasteiger partial charge is 0.283 e. The Morgan fingerprint density at radius 1 is 1.20 bits per heavy atom. The van der Waals surface area contributed by atoms with E-state index in [4.69, 9.17) is 0 Å². The lowest BCUT2D eigenvalue weighted by molar-refractivity contribution is 0.574. The van der Waals surface area contributed by atoms with Crippen LogP contribution in [0.15, 0.2) is 24.3 Å². The van der Waals surface area contributed by atoms with E-state index in [1.807, 2.05) is 0 Å². The second kappa shape index (κ2) is 5.90. The molecule has 2 rings (SSSR count). The van der Waals surface area contributed by atoms with Crippen LogP contribution in [0.5, 0.6) is 0 Å². The molecule has 0 aromatic heterocycles. The summed E-state index contributed by atoms with van der Waals surface area (Å²) in [5, 5.41) is 0. The molecule has 1 saturated heterocycles. The topological polar surface area (TPSA) is 83.6 Å². The minimum absolute atomic E-state index is 0.158. The predicted molar refractivity (Wildman–Crippen MR) is 83.1 cm³/mol. The van der Waals surface area contributed by atoms with Gasteiger partial charge < -0.3 is 0 Å². The lowest BCUT2D eigenvalue weighted by Gasteiger charge is -2.28. The minimum atomic E-state index is -3.40. The smallest absolute Gasteiger partial charge is 0.242 e. The first-order chi connectivity index (χ1) is 9.34. The van der Waals surface area contributed by atoms with Gasteiger partial charge in [-0.2, -0.15) is 0 Å². The summed E-state index contributed by atoms with van der Waals surface area (Å²) in [6.45, 7) is 0.467. The fourth-order valence-corrected chi connectivity index (χ4v) is 4.51. The van der Waals surface area contributed by atoms with Crippen molar-refractivity contribution < 1.29 is 16.8 Å². The molecule has 0 bridgehead atoms. The van der Waals surface area contributed by atoms with Crippen LogP contribution in [0.4, 0.5) is 11.4 Å². The number of anilines is 2. The van der Waals surface area contributed by atoms with E-state index < -0.39 is 20.0 Å². The summed E-state index contributed by atoms with van der Waals surface area (Å²) in [5.41, 5.74) is 0.967. The molecule has 1 heterocycles. The Bertz CT molecular complexity index is 671. The van der Waals surface area contributed by atoms with Crippen molar-refractivity contribution in [2.75, 3.05) is 26.0 Å². The number of alkyl halides is 1. The maximum Gasteiger partial charge on any atom is 0.242 e. The maximum absolute atomic E-state index is 12.0. The van der Waals surface area contributed by atoms with Crippen molar-refractivity contribution in [2.24, 2.45) is 0 Å². The van der Waals surface area contributed by atoms with Crippen molar-refractivity contribution in [2.45, 2.75) is 12.8 Å². The van der Waals surface area contributed by atoms with Gasteiger partial charge in [-0.25, -0.2) is 16.8 Å². The molecule has 6 nitrogen and oxygen atoms in total. The molecular weight excluding hydrogens is 368 g/mol. The Kier molecular flexibility index (Phi) is 4.60. The molecule has 1 aromatic carbocycles. The first-order valence-electron chi connectivity index (χ1n) is 6.01. The van der Waals surface area contributed by atoms with Crippen LogP contribution in [0.25, 0.3) is 0 Å². The monoisotopic (exact) mass is 382 g/mol. The molecule has 1 N–H and O–H groups in total. The zero-order valence-electron chi connectivity index (χ0n) is 10.6. The average Bonchev–Trinajstić information content (AvgIpc) is 2.39. The number of benzene rings is 1. The van der Waals surface area contributed by atoms with Gasteiger partial charge in [-0.05, 0) is 37.1 Å². The van der Waals surface area contributed by atoms with Gasteiger partial charge in [-0.1, -0.05) is 15.9 Å². The van der Waals surface area contributed by atoms with E-state index >= 15 is 0 Å². The Morgan fingerprint density at radius 2 is 1.85 bits per heavy atom. The Balaban J connectivity index is 2.20.